The summed E-state index contributed by atoms with van der Waals surface area (Å²) in [6.07, 6.45) is 1.42. The molecule has 0 aliphatic heterocycles. The fourth-order valence-corrected chi connectivity index (χ4v) is 4.03. The van der Waals surface area contributed by atoms with Gasteiger partial charge in [-0.05, 0) is 43.3 Å². The number of rotatable bonds is 7. The van der Waals surface area contributed by atoms with Crippen molar-refractivity contribution in [1.82, 2.24) is 4.98 Å². The summed E-state index contributed by atoms with van der Waals surface area (Å²) in [7, 11) is -4.03. The van der Waals surface area contributed by atoms with Gasteiger partial charge >= 0.3 is 0 Å². The van der Waals surface area contributed by atoms with Crippen LogP contribution in [0.4, 0.5) is 17.1 Å². The molecule has 0 amide bonds. The van der Waals surface area contributed by atoms with Crippen LogP contribution in [0.3, 0.4) is 0 Å². The summed E-state index contributed by atoms with van der Waals surface area (Å²) in [6.45, 7) is 1.84. The molecule has 0 spiro atoms. The quantitative estimate of drug-likeness (QED) is 0.314. The Kier molecular flexibility index (Phi) is 6.11. The molecule has 0 bridgehead atoms. The smallest absolute Gasteiger partial charge is 0.280 e. The highest BCUT2D eigenvalue weighted by Gasteiger charge is 2.21. The van der Waals surface area contributed by atoms with Gasteiger partial charge in [-0.3, -0.25) is 20.3 Å². The van der Waals surface area contributed by atoms with Crippen molar-refractivity contribution < 1.29 is 13.3 Å². The Morgan fingerprint density at radius 3 is 2.59 bits per heavy atom. The van der Waals surface area contributed by atoms with Gasteiger partial charge in [0.25, 0.3) is 15.7 Å². The third-order valence-corrected chi connectivity index (χ3v) is 6.01. The number of anilines is 2. The van der Waals surface area contributed by atoms with Crippen LogP contribution in [0.1, 0.15) is 10.7 Å². The van der Waals surface area contributed by atoms with Crippen LogP contribution >= 0.6 is 22.9 Å². The van der Waals surface area contributed by atoms with Crippen LogP contribution in [0.15, 0.2) is 57.8 Å². The highest BCUT2D eigenvalue weighted by atomic mass is 35.5. The fraction of sp³-hybridized carbons (Fsp3) is 0.0588. The molecule has 0 radical (unpaired) electrons. The monoisotopic (exact) mass is 451 g/mol. The first-order valence-electron chi connectivity index (χ1n) is 8.02. The molecule has 0 aliphatic carbocycles. The third kappa shape index (κ3) is 5.28. The van der Waals surface area contributed by atoms with E-state index in [1.54, 1.807) is 5.38 Å². The lowest BCUT2D eigenvalue weighted by Gasteiger charge is -2.09. The maximum absolute atomic E-state index is 12.6. The van der Waals surface area contributed by atoms with Crippen molar-refractivity contribution in [2.45, 2.75) is 11.8 Å². The van der Waals surface area contributed by atoms with Gasteiger partial charge in [0, 0.05) is 22.2 Å². The lowest BCUT2D eigenvalue weighted by atomic mass is 10.3. The van der Waals surface area contributed by atoms with Gasteiger partial charge in [0.2, 0.25) is 0 Å². The minimum Gasteiger partial charge on any atom is -0.280 e. The van der Waals surface area contributed by atoms with Gasteiger partial charge < -0.3 is 0 Å². The fourth-order valence-electron chi connectivity index (χ4n) is 2.26. The van der Waals surface area contributed by atoms with E-state index < -0.39 is 20.6 Å². The number of nitro benzene ring substituents is 1. The van der Waals surface area contributed by atoms with E-state index in [1.165, 1.54) is 53.9 Å². The van der Waals surface area contributed by atoms with Crippen LogP contribution in [-0.2, 0) is 10.0 Å². The second kappa shape index (κ2) is 8.55. The van der Waals surface area contributed by atoms with Gasteiger partial charge in [-0.25, -0.2) is 13.4 Å². The average molecular weight is 452 g/mol. The van der Waals surface area contributed by atoms with Crippen LogP contribution in [-0.4, -0.2) is 24.5 Å². The minimum absolute atomic E-state index is 0.0450. The number of hydrazone groups is 1. The van der Waals surface area contributed by atoms with E-state index in [1.807, 2.05) is 6.92 Å². The lowest BCUT2D eigenvalue weighted by Crippen LogP contribution is -2.13. The van der Waals surface area contributed by atoms with Crippen LogP contribution in [0.2, 0.25) is 5.02 Å². The number of thiazole rings is 1. The molecule has 12 heteroatoms. The molecule has 3 aromatic rings. The zero-order chi connectivity index (χ0) is 21.0. The molecule has 0 saturated heterocycles. The maximum Gasteiger partial charge on any atom is 0.295 e. The molecular weight excluding hydrogens is 438 g/mol. The normalized spacial score (nSPS) is 11.5. The molecule has 9 nitrogen and oxygen atoms in total. The number of hydrogen-bond acceptors (Lipinski definition) is 8. The van der Waals surface area contributed by atoms with Gasteiger partial charge in [0.1, 0.15) is 5.69 Å². The summed E-state index contributed by atoms with van der Waals surface area (Å²) < 4.78 is 27.4. The molecule has 0 saturated carbocycles. The van der Waals surface area contributed by atoms with E-state index in [2.05, 4.69) is 20.2 Å². The number of nitro groups is 1. The molecular formula is C17H14ClN5O4S2. The molecule has 2 N–H and O–H groups in total. The van der Waals surface area contributed by atoms with E-state index in [-0.39, 0.29) is 16.3 Å². The van der Waals surface area contributed by atoms with Gasteiger partial charge in [-0.2, -0.15) is 5.10 Å². The van der Waals surface area contributed by atoms with Gasteiger partial charge in [-0.1, -0.05) is 11.6 Å². The van der Waals surface area contributed by atoms with Crippen LogP contribution in [0.25, 0.3) is 0 Å². The number of benzene rings is 2. The van der Waals surface area contributed by atoms with E-state index in [4.69, 9.17) is 11.6 Å². The number of hydrogen-bond donors (Lipinski definition) is 2. The van der Waals surface area contributed by atoms with E-state index in [0.29, 0.717) is 10.7 Å². The largest absolute Gasteiger partial charge is 0.295 e. The molecule has 150 valence electrons. The minimum atomic E-state index is -4.03. The highest BCUT2D eigenvalue weighted by molar-refractivity contribution is 7.92. The maximum atomic E-state index is 12.6. The zero-order valence-electron chi connectivity index (χ0n) is 14.9. The summed E-state index contributed by atoms with van der Waals surface area (Å²) in [5.74, 6) is 0. The zero-order valence-corrected chi connectivity index (χ0v) is 17.3. The molecule has 0 atom stereocenters. The van der Waals surface area contributed by atoms with Crippen molar-refractivity contribution in [3.63, 3.8) is 0 Å². The lowest BCUT2D eigenvalue weighted by molar-refractivity contribution is -0.384. The first-order chi connectivity index (χ1) is 13.7. The SMILES string of the molecule is Cc1nc(/C=N/Nc2ccc(S(=O)(=O)Nc3ccc(Cl)cc3)cc2[N+](=O)[O-])cs1. The highest BCUT2D eigenvalue weighted by Crippen LogP contribution is 2.28. The molecule has 0 fully saturated rings. The van der Waals surface area contributed by atoms with Crippen LogP contribution < -0.4 is 10.1 Å². The van der Waals surface area contributed by atoms with Crippen molar-refractivity contribution in [1.29, 1.82) is 0 Å². The number of aryl methyl sites for hydroxylation is 1. The number of halogens is 1. The summed E-state index contributed by atoms with van der Waals surface area (Å²) in [4.78, 5) is 14.6. The predicted octanol–water partition coefficient (Wildman–Crippen LogP) is 4.26. The van der Waals surface area contributed by atoms with Crippen molar-refractivity contribution >= 4 is 56.2 Å². The first kappa shape index (κ1) is 20.7. The molecule has 2 aromatic carbocycles. The van der Waals surface area contributed by atoms with Crippen LogP contribution in [0.5, 0.6) is 0 Å². The topological polar surface area (TPSA) is 127 Å². The second-order valence-electron chi connectivity index (χ2n) is 5.71. The summed E-state index contributed by atoms with van der Waals surface area (Å²) >= 11 is 7.23. The van der Waals surface area contributed by atoms with Gasteiger partial charge in [0.05, 0.1) is 26.7 Å². The Balaban J connectivity index is 1.83. The second-order valence-corrected chi connectivity index (χ2v) is 8.89. The Bertz CT molecular complexity index is 1180. The number of nitrogens with one attached hydrogen (secondary N) is 2. The average Bonchev–Trinajstić information content (AvgIpc) is 3.08. The van der Waals surface area contributed by atoms with Crippen molar-refractivity contribution in [2.24, 2.45) is 5.10 Å². The van der Waals surface area contributed by atoms with Crippen LogP contribution in [0, 0.1) is 17.0 Å². The molecule has 3 rings (SSSR count). The summed E-state index contributed by atoms with van der Waals surface area (Å²) in [5.41, 5.74) is 3.05. The van der Waals surface area contributed by atoms with Crippen molar-refractivity contribution in [3.8, 4) is 0 Å². The molecule has 0 aliphatic rings. The molecule has 1 heterocycles. The standard InChI is InChI=1S/C17H14ClN5O4S2/c1-11-20-14(10-28-11)9-19-21-16-7-6-15(8-17(16)23(24)25)29(26,27)22-13-4-2-12(18)3-5-13/h2-10,21-22H,1H3/b19-9+. The first-order valence-corrected chi connectivity index (χ1v) is 10.8. The number of sulfonamides is 1. The van der Waals surface area contributed by atoms with Crippen molar-refractivity contribution in [2.75, 3.05) is 10.1 Å². The Morgan fingerprint density at radius 2 is 1.97 bits per heavy atom. The molecule has 0 unspecified atom stereocenters. The van der Waals surface area contributed by atoms with E-state index in [0.717, 1.165) is 11.1 Å². The van der Waals surface area contributed by atoms with Crippen molar-refractivity contribution in [3.05, 3.63) is 73.7 Å². The molecule has 1 aromatic heterocycles. The van der Waals surface area contributed by atoms with Gasteiger partial charge in [-0.15, -0.1) is 11.3 Å². The summed E-state index contributed by atoms with van der Waals surface area (Å²) in [6, 6.07) is 9.50. The Labute approximate surface area is 175 Å². The number of aromatic nitrogens is 1. The van der Waals surface area contributed by atoms with E-state index >= 15 is 0 Å². The Hall–Kier alpha value is -3.02. The third-order valence-electron chi connectivity index (χ3n) is 3.59. The number of nitrogens with zero attached hydrogens (tertiary/aromatic N) is 3. The van der Waals surface area contributed by atoms with E-state index in [9.17, 15) is 18.5 Å². The predicted molar refractivity (Wildman–Crippen MR) is 113 cm³/mol. The Morgan fingerprint density at radius 1 is 1.24 bits per heavy atom. The van der Waals surface area contributed by atoms with Gasteiger partial charge in [0.15, 0.2) is 0 Å². The molecule has 29 heavy (non-hydrogen) atoms. The summed E-state index contributed by atoms with van der Waals surface area (Å²) in [5, 5.41) is 18.4.